The second-order valence-corrected chi connectivity index (χ2v) is 14.1. The molecule has 47 heavy (non-hydrogen) atoms. The fraction of sp³-hybridized carbons (Fsp3) is 0.788. The highest BCUT2D eigenvalue weighted by Crippen LogP contribution is 2.33. The Balaban J connectivity index is 0.000000267. The first kappa shape index (κ1) is 37.9. The molecule has 2 aromatic rings. The van der Waals surface area contributed by atoms with Crippen LogP contribution in [0.2, 0.25) is 0 Å². The number of aromatic nitrogens is 4. The summed E-state index contributed by atoms with van der Waals surface area (Å²) in [4.78, 5) is 42.9. The van der Waals surface area contributed by atoms with Crippen molar-refractivity contribution in [3.05, 3.63) is 17.6 Å². The molecule has 2 aliphatic rings. The minimum absolute atomic E-state index is 0.0201. The number of ether oxygens (including phenoxy) is 1. The molecule has 2 atom stereocenters. The van der Waals surface area contributed by atoms with Gasteiger partial charge in [-0.05, 0) is 50.6 Å². The summed E-state index contributed by atoms with van der Waals surface area (Å²) in [5.41, 5.74) is 6.85. The Hall–Kier alpha value is -3.55. The molecule has 2 fully saturated rings. The summed E-state index contributed by atoms with van der Waals surface area (Å²) in [6.07, 6.45) is 19.2. The number of hydrazine groups is 1. The van der Waals surface area contributed by atoms with Crippen molar-refractivity contribution < 1.29 is 33.3 Å². The summed E-state index contributed by atoms with van der Waals surface area (Å²) < 4.78 is 15.7. The normalized spacial score (nSPS) is 17.3. The molecule has 0 unspecified atom stereocenters. The lowest BCUT2D eigenvalue weighted by Gasteiger charge is -2.23. The molecule has 0 spiro atoms. The van der Waals surface area contributed by atoms with Gasteiger partial charge >= 0.3 is 17.8 Å². The number of anilines is 1. The Kier molecular flexibility index (Phi) is 15.6. The first-order chi connectivity index (χ1) is 22.4. The maximum atomic E-state index is 12.3. The zero-order chi connectivity index (χ0) is 34.2. The van der Waals surface area contributed by atoms with Crippen LogP contribution in [-0.4, -0.2) is 48.8 Å². The minimum atomic E-state index is -0.843. The Morgan fingerprint density at radius 3 is 1.83 bits per heavy atom. The van der Waals surface area contributed by atoms with Gasteiger partial charge in [-0.15, -0.1) is 0 Å². The molecule has 0 bridgehead atoms. The molecule has 14 nitrogen and oxygen atoms in total. The van der Waals surface area contributed by atoms with E-state index in [2.05, 4.69) is 20.3 Å². The number of carboxylic acids is 1. The Morgan fingerprint density at radius 1 is 0.851 bits per heavy atom. The fourth-order valence-corrected chi connectivity index (χ4v) is 6.65. The number of carboxylic acid groups (broad SMARTS) is 1. The Morgan fingerprint density at radius 2 is 1.36 bits per heavy atom. The number of nitrogens with zero attached hydrogens (tertiary/aromatic N) is 4. The van der Waals surface area contributed by atoms with Gasteiger partial charge in [0, 0.05) is 11.8 Å². The Bertz CT molecular complexity index is 1230. The van der Waals surface area contributed by atoms with Gasteiger partial charge in [-0.2, -0.15) is 9.97 Å². The maximum absolute atomic E-state index is 12.3. The molecule has 0 saturated heterocycles. The number of nitrogens with one attached hydrogen (secondary N) is 1. The molecule has 264 valence electrons. The van der Waals surface area contributed by atoms with Crippen LogP contribution in [0.3, 0.4) is 0 Å². The summed E-state index contributed by atoms with van der Waals surface area (Å²) in [6.45, 7) is 5.50. The predicted octanol–water partition coefficient (Wildman–Crippen LogP) is 6.20. The number of carbonyl (C=O) groups excluding carboxylic acids is 2. The number of hydrogen-bond acceptors (Lipinski definition) is 12. The van der Waals surface area contributed by atoms with E-state index in [1.165, 1.54) is 70.6 Å². The number of hydrogen-bond donors (Lipinski definition) is 4. The molecular formula is C33H55N7O7. The number of esters is 1. The molecule has 2 heterocycles. The van der Waals surface area contributed by atoms with Crippen LogP contribution < -0.4 is 17.0 Å². The third-order valence-electron chi connectivity index (χ3n) is 8.97. The van der Waals surface area contributed by atoms with Crippen molar-refractivity contribution >= 4 is 23.8 Å². The lowest BCUT2D eigenvalue weighted by molar-refractivity contribution is -0.155. The van der Waals surface area contributed by atoms with Crippen LogP contribution in [-0.2, 0) is 14.3 Å². The third kappa shape index (κ3) is 14.4. The number of carbonyl (C=O) groups is 3. The van der Waals surface area contributed by atoms with Crippen LogP contribution in [0.5, 0.6) is 0 Å². The van der Waals surface area contributed by atoms with Gasteiger partial charge in [0.25, 0.3) is 11.8 Å². The highest BCUT2D eigenvalue weighted by atomic mass is 16.6. The SMILES string of the molecule is CC(C)(C)OC(=O)C[C@@H](CCCC1CCCCC1)c1nc(C(=O)NN)no1.Nc1noc([C@H](CCCC2CCCCC2)CC(=O)O)n1. The van der Waals surface area contributed by atoms with Gasteiger partial charge in [0.05, 0.1) is 12.8 Å². The molecule has 14 heteroatoms. The number of rotatable bonds is 15. The predicted molar refractivity (Wildman–Crippen MR) is 174 cm³/mol. The van der Waals surface area contributed by atoms with Crippen molar-refractivity contribution in [2.75, 3.05) is 5.73 Å². The van der Waals surface area contributed by atoms with Gasteiger partial charge in [0.2, 0.25) is 11.8 Å². The molecular weight excluding hydrogens is 606 g/mol. The molecule has 2 saturated carbocycles. The summed E-state index contributed by atoms with van der Waals surface area (Å²) in [5, 5.41) is 16.2. The summed E-state index contributed by atoms with van der Waals surface area (Å²) in [7, 11) is 0. The molecule has 4 rings (SSSR count). The number of nitrogen functional groups attached to an aromatic ring is 2. The van der Waals surface area contributed by atoms with E-state index in [0.29, 0.717) is 5.89 Å². The van der Waals surface area contributed by atoms with Crippen molar-refractivity contribution in [1.29, 1.82) is 0 Å². The molecule has 2 aromatic heterocycles. The van der Waals surface area contributed by atoms with Gasteiger partial charge < -0.3 is 24.6 Å². The molecule has 0 radical (unpaired) electrons. The largest absolute Gasteiger partial charge is 0.481 e. The van der Waals surface area contributed by atoms with Crippen LogP contribution in [0.25, 0.3) is 0 Å². The molecule has 0 aromatic carbocycles. The smallest absolute Gasteiger partial charge is 0.307 e. The van der Waals surface area contributed by atoms with Crippen LogP contribution in [0.4, 0.5) is 5.95 Å². The zero-order valence-electron chi connectivity index (χ0n) is 28.4. The zero-order valence-corrected chi connectivity index (χ0v) is 28.4. The van der Waals surface area contributed by atoms with Gasteiger partial charge in [0.15, 0.2) is 0 Å². The van der Waals surface area contributed by atoms with E-state index < -0.39 is 17.5 Å². The Labute approximate surface area is 277 Å². The standard InChI is InChI=1S/C19H32N4O4.C14H23N3O3/c1-19(2,3)26-15(24)12-14(11-7-10-13-8-5-4-6-9-13)18-21-16(23-27-18)17(25)22-20;15-14-16-13(20-17-14)11(9-12(18)19)8-4-7-10-5-2-1-3-6-10/h13-14H,4-12,20H2,1-3H3,(H,22,25);10-11H,1-9H2,(H2,15,17)(H,18,19)/t14-;11-/m11/s1. The first-order valence-electron chi connectivity index (χ1n) is 17.3. The quantitative estimate of drug-likeness (QED) is 0.0723. The van der Waals surface area contributed by atoms with Gasteiger partial charge in [-0.1, -0.05) is 95.0 Å². The number of nitrogens with two attached hydrogens (primary N) is 2. The maximum Gasteiger partial charge on any atom is 0.307 e. The first-order valence-corrected chi connectivity index (χ1v) is 17.3. The van der Waals surface area contributed by atoms with E-state index in [-0.39, 0.29) is 48.3 Å². The van der Waals surface area contributed by atoms with Crippen molar-refractivity contribution in [2.24, 2.45) is 17.7 Å². The number of amides is 1. The van der Waals surface area contributed by atoms with Crippen molar-refractivity contribution in [3.8, 4) is 0 Å². The van der Waals surface area contributed by atoms with Crippen molar-refractivity contribution in [2.45, 2.75) is 154 Å². The monoisotopic (exact) mass is 661 g/mol. The minimum Gasteiger partial charge on any atom is -0.481 e. The third-order valence-corrected chi connectivity index (χ3v) is 8.97. The van der Waals surface area contributed by atoms with Crippen LogP contribution >= 0.6 is 0 Å². The van der Waals surface area contributed by atoms with E-state index in [0.717, 1.165) is 43.9 Å². The highest BCUT2D eigenvalue weighted by molar-refractivity contribution is 5.89. The second-order valence-electron chi connectivity index (χ2n) is 14.1. The van der Waals surface area contributed by atoms with Crippen molar-refractivity contribution in [3.63, 3.8) is 0 Å². The molecule has 0 aliphatic heterocycles. The lowest BCUT2D eigenvalue weighted by atomic mass is 9.84. The number of aliphatic carboxylic acids is 1. The second kappa shape index (κ2) is 19.3. The van der Waals surface area contributed by atoms with Crippen LogP contribution in [0.1, 0.15) is 171 Å². The summed E-state index contributed by atoms with van der Waals surface area (Å²) >= 11 is 0. The summed E-state index contributed by atoms with van der Waals surface area (Å²) in [5.74, 6) is 4.99. The van der Waals surface area contributed by atoms with Crippen LogP contribution in [0.15, 0.2) is 9.05 Å². The van der Waals surface area contributed by atoms with Crippen LogP contribution in [0, 0.1) is 11.8 Å². The van der Waals surface area contributed by atoms with E-state index in [4.69, 9.17) is 30.5 Å². The van der Waals surface area contributed by atoms with E-state index >= 15 is 0 Å². The topological polar surface area (TPSA) is 223 Å². The molecule has 1 amide bonds. The fourth-order valence-electron chi connectivity index (χ4n) is 6.65. The van der Waals surface area contributed by atoms with E-state index in [9.17, 15) is 14.4 Å². The van der Waals surface area contributed by atoms with Gasteiger partial charge in [-0.25, -0.2) is 5.84 Å². The molecule has 2 aliphatic carbocycles. The molecule has 6 N–H and O–H groups in total. The van der Waals surface area contributed by atoms with Gasteiger partial charge in [0.1, 0.15) is 5.60 Å². The summed E-state index contributed by atoms with van der Waals surface area (Å²) in [6, 6.07) is 0. The lowest BCUT2D eigenvalue weighted by Crippen LogP contribution is -2.30. The van der Waals surface area contributed by atoms with Gasteiger partial charge in [-0.3, -0.25) is 19.8 Å². The van der Waals surface area contributed by atoms with Crippen molar-refractivity contribution in [1.82, 2.24) is 25.7 Å². The average molecular weight is 662 g/mol. The highest BCUT2D eigenvalue weighted by Gasteiger charge is 2.27. The van der Waals surface area contributed by atoms with E-state index in [1.807, 2.05) is 26.2 Å². The average Bonchev–Trinajstić information content (AvgIpc) is 3.70. The van der Waals surface area contributed by atoms with E-state index in [1.54, 1.807) is 0 Å².